The molecule has 1 heterocycles. The second-order valence-electron chi connectivity index (χ2n) is 5.56. The van der Waals surface area contributed by atoms with Gasteiger partial charge in [0.25, 0.3) is 5.91 Å². The van der Waals surface area contributed by atoms with Crippen LogP contribution in [0.3, 0.4) is 0 Å². The van der Waals surface area contributed by atoms with Crippen LogP contribution in [0, 0.1) is 6.92 Å². The fourth-order valence-corrected chi connectivity index (χ4v) is 2.81. The number of aromatic hydroxyl groups is 1. The van der Waals surface area contributed by atoms with Gasteiger partial charge in [-0.1, -0.05) is 6.07 Å². The van der Waals surface area contributed by atoms with E-state index in [1.54, 1.807) is 19.1 Å². The summed E-state index contributed by atoms with van der Waals surface area (Å²) in [4.78, 5) is 23.3. The summed E-state index contributed by atoms with van der Waals surface area (Å²) in [5.74, 6) is -1.09. The zero-order valence-electron chi connectivity index (χ0n) is 13.0. The number of carboxylic acids is 1. The Morgan fingerprint density at radius 1 is 1.29 bits per heavy atom. The quantitative estimate of drug-likeness (QED) is 0.749. The van der Waals surface area contributed by atoms with Gasteiger partial charge in [0.1, 0.15) is 11.5 Å². The predicted octanol–water partition coefficient (Wildman–Crippen LogP) is 2.46. The van der Waals surface area contributed by atoms with Crippen molar-refractivity contribution in [2.45, 2.75) is 26.2 Å². The Bertz CT molecular complexity index is 851. The highest BCUT2D eigenvalue weighted by molar-refractivity contribution is 6.06. The molecular formula is C17H16N2O5. The Labute approximate surface area is 137 Å². The summed E-state index contributed by atoms with van der Waals surface area (Å²) in [6, 6.07) is 5.94. The molecule has 24 heavy (non-hydrogen) atoms. The van der Waals surface area contributed by atoms with Crippen LogP contribution in [-0.2, 0) is 6.42 Å². The third-order valence-corrected chi connectivity index (χ3v) is 3.92. The zero-order valence-corrected chi connectivity index (χ0v) is 13.0. The van der Waals surface area contributed by atoms with Crippen LogP contribution in [-0.4, -0.2) is 27.8 Å². The number of nitrogens with zero attached hydrogens (tertiary/aromatic N) is 1. The van der Waals surface area contributed by atoms with Crippen molar-refractivity contribution in [3.63, 3.8) is 0 Å². The molecule has 1 aliphatic rings. The van der Waals surface area contributed by atoms with Crippen molar-refractivity contribution in [1.82, 2.24) is 5.43 Å². The van der Waals surface area contributed by atoms with Gasteiger partial charge >= 0.3 is 5.97 Å². The second kappa shape index (κ2) is 6.19. The van der Waals surface area contributed by atoms with E-state index in [0.29, 0.717) is 35.4 Å². The van der Waals surface area contributed by atoms with E-state index in [1.165, 1.54) is 12.1 Å². The maximum Gasteiger partial charge on any atom is 0.372 e. The average molecular weight is 328 g/mol. The fraction of sp³-hybridized carbons (Fsp3) is 0.235. The monoisotopic (exact) mass is 328 g/mol. The van der Waals surface area contributed by atoms with Crippen LogP contribution in [0.4, 0.5) is 0 Å². The van der Waals surface area contributed by atoms with Crippen LogP contribution in [0.25, 0.3) is 0 Å². The molecule has 1 aromatic heterocycles. The third kappa shape index (κ3) is 2.88. The number of aromatic carboxylic acids is 1. The van der Waals surface area contributed by atoms with Crippen LogP contribution in [0.1, 0.15) is 50.6 Å². The van der Waals surface area contributed by atoms with Crippen LogP contribution in [0.15, 0.2) is 33.8 Å². The average Bonchev–Trinajstić information content (AvgIpc) is 2.90. The number of carboxylic acid groups (broad SMARTS) is 1. The lowest BCUT2D eigenvalue weighted by Crippen LogP contribution is -2.22. The SMILES string of the molecule is Cc1c(C(=O)O)oc2c1C(=NNC(=O)c1cccc(O)c1)CCC2. The highest BCUT2D eigenvalue weighted by Gasteiger charge is 2.27. The molecule has 0 saturated heterocycles. The van der Waals surface area contributed by atoms with E-state index >= 15 is 0 Å². The standard InChI is InChI=1S/C17H16N2O5/c1-9-14-12(6-3-7-13(14)24-15(9)17(22)23)18-19-16(21)10-4-2-5-11(20)8-10/h2,4-5,8,20H,3,6-7H2,1H3,(H,19,21)(H,22,23). The predicted molar refractivity (Wildman–Crippen MR) is 85.5 cm³/mol. The Morgan fingerprint density at radius 3 is 2.79 bits per heavy atom. The van der Waals surface area contributed by atoms with Crippen molar-refractivity contribution in [2.75, 3.05) is 0 Å². The smallest absolute Gasteiger partial charge is 0.372 e. The van der Waals surface area contributed by atoms with Crippen LogP contribution >= 0.6 is 0 Å². The molecule has 3 rings (SSSR count). The lowest BCUT2D eigenvalue weighted by Gasteiger charge is -2.13. The van der Waals surface area contributed by atoms with E-state index in [0.717, 1.165) is 6.42 Å². The Morgan fingerprint density at radius 2 is 2.08 bits per heavy atom. The third-order valence-electron chi connectivity index (χ3n) is 3.92. The first-order valence-corrected chi connectivity index (χ1v) is 7.49. The summed E-state index contributed by atoms with van der Waals surface area (Å²) in [5, 5.41) is 22.7. The molecule has 7 heteroatoms. The Kier molecular flexibility index (Phi) is 4.07. The van der Waals surface area contributed by atoms with Gasteiger partial charge in [0.05, 0.1) is 5.71 Å². The normalized spacial score (nSPS) is 15.1. The maximum atomic E-state index is 12.1. The molecule has 7 nitrogen and oxygen atoms in total. The second-order valence-corrected chi connectivity index (χ2v) is 5.56. The Hall–Kier alpha value is -3.09. The number of benzene rings is 1. The number of hydrogen-bond acceptors (Lipinski definition) is 5. The molecule has 124 valence electrons. The van der Waals surface area contributed by atoms with Crippen LogP contribution < -0.4 is 5.43 Å². The lowest BCUT2D eigenvalue weighted by atomic mass is 9.93. The number of phenols is 1. The van der Waals surface area contributed by atoms with E-state index in [2.05, 4.69) is 10.5 Å². The summed E-state index contributed by atoms with van der Waals surface area (Å²) >= 11 is 0. The van der Waals surface area contributed by atoms with Gasteiger partial charge in [-0.25, -0.2) is 10.2 Å². The first-order chi connectivity index (χ1) is 11.5. The van der Waals surface area contributed by atoms with Gasteiger partial charge < -0.3 is 14.6 Å². The molecule has 0 fully saturated rings. The van der Waals surface area contributed by atoms with Crippen molar-refractivity contribution in [3.05, 3.63) is 52.5 Å². The highest BCUT2D eigenvalue weighted by Crippen LogP contribution is 2.29. The first kappa shape index (κ1) is 15.8. The molecule has 0 spiro atoms. The molecule has 0 saturated carbocycles. The number of hydrazone groups is 1. The summed E-state index contributed by atoms with van der Waals surface area (Å²) in [6.45, 7) is 1.67. The number of furan rings is 1. The molecule has 2 aromatic rings. The van der Waals surface area contributed by atoms with Gasteiger partial charge in [-0.15, -0.1) is 0 Å². The number of aryl methyl sites for hydroxylation is 1. The molecule has 0 radical (unpaired) electrons. The zero-order chi connectivity index (χ0) is 17.3. The van der Waals surface area contributed by atoms with Gasteiger partial charge in [0, 0.05) is 23.1 Å². The molecule has 3 N–H and O–H groups in total. The molecule has 0 bridgehead atoms. The minimum atomic E-state index is -1.12. The number of nitrogens with one attached hydrogen (secondary N) is 1. The number of amides is 1. The fourth-order valence-electron chi connectivity index (χ4n) is 2.81. The number of rotatable bonds is 3. The van der Waals surface area contributed by atoms with Crippen molar-refractivity contribution in [1.29, 1.82) is 0 Å². The maximum absolute atomic E-state index is 12.1. The highest BCUT2D eigenvalue weighted by atomic mass is 16.4. The molecule has 1 aromatic carbocycles. The Balaban J connectivity index is 1.88. The van der Waals surface area contributed by atoms with Gasteiger partial charge in [0.15, 0.2) is 0 Å². The van der Waals surface area contributed by atoms with Gasteiger partial charge in [0.2, 0.25) is 5.76 Å². The van der Waals surface area contributed by atoms with Crippen molar-refractivity contribution < 1.29 is 24.2 Å². The van der Waals surface area contributed by atoms with Crippen LogP contribution in [0.2, 0.25) is 0 Å². The molecule has 0 unspecified atom stereocenters. The summed E-state index contributed by atoms with van der Waals surface area (Å²) in [7, 11) is 0. The lowest BCUT2D eigenvalue weighted by molar-refractivity contribution is 0.0659. The van der Waals surface area contributed by atoms with E-state index < -0.39 is 11.9 Å². The molecular weight excluding hydrogens is 312 g/mol. The minimum Gasteiger partial charge on any atom is -0.508 e. The van der Waals surface area contributed by atoms with Crippen molar-refractivity contribution in [2.24, 2.45) is 5.10 Å². The van der Waals surface area contributed by atoms with Gasteiger partial charge in [-0.2, -0.15) is 5.10 Å². The topological polar surface area (TPSA) is 112 Å². The minimum absolute atomic E-state index is 0.00738. The number of hydrogen-bond donors (Lipinski definition) is 3. The number of carbonyl (C=O) groups excluding carboxylic acids is 1. The largest absolute Gasteiger partial charge is 0.508 e. The van der Waals surface area contributed by atoms with E-state index in [-0.39, 0.29) is 17.1 Å². The molecule has 1 aliphatic carbocycles. The summed E-state index contributed by atoms with van der Waals surface area (Å²) in [5.41, 5.74) is 4.51. The summed E-state index contributed by atoms with van der Waals surface area (Å²) < 4.78 is 5.41. The first-order valence-electron chi connectivity index (χ1n) is 7.49. The molecule has 1 amide bonds. The van der Waals surface area contributed by atoms with E-state index in [4.69, 9.17) is 9.52 Å². The molecule has 0 atom stereocenters. The van der Waals surface area contributed by atoms with Gasteiger partial charge in [-0.05, 0) is 38.0 Å². The van der Waals surface area contributed by atoms with Crippen LogP contribution in [0.5, 0.6) is 5.75 Å². The number of phenolic OH excluding ortho intramolecular Hbond substituents is 1. The summed E-state index contributed by atoms with van der Waals surface area (Å²) in [6.07, 6.45) is 2.02. The number of fused-ring (bicyclic) bond motifs is 1. The molecule has 0 aliphatic heterocycles. The van der Waals surface area contributed by atoms with Crippen molar-refractivity contribution >= 4 is 17.6 Å². The van der Waals surface area contributed by atoms with Gasteiger partial charge in [-0.3, -0.25) is 4.79 Å². The van der Waals surface area contributed by atoms with E-state index in [1.807, 2.05) is 0 Å². The van der Waals surface area contributed by atoms with Crippen molar-refractivity contribution in [3.8, 4) is 5.75 Å². The number of carbonyl (C=O) groups is 2. The van der Waals surface area contributed by atoms with E-state index in [9.17, 15) is 14.7 Å².